The Hall–Kier alpha value is -0.220. The van der Waals surface area contributed by atoms with Gasteiger partial charge in [-0.2, -0.15) is 0 Å². The molecule has 2 heterocycles. The van der Waals surface area contributed by atoms with Crippen molar-refractivity contribution in [3.8, 4) is 0 Å². The molecule has 1 atom stereocenters. The maximum absolute atomic E-state index is 4.72. The third kappa shape index (κ3) is 3.14. The molecule has 0 saturated carbocycles. The topological polar surface area (TPSA) is 27.6 Å². The number of nitrogens with one attached hydrogen (secondary N) is 1. The summed E-state index contributed by atoms with van der Waals surface area (Å²) in [6.45, 7) is 6.66. The zero-order valence-electron chi connectivity index (χ0n) is 10.6. The Bertz CT molecular complexity index is 275. The van der Waals surface area contributed by atoms with Gasteiger partial charge in [-0.1, -0.05) is 18.2 Å². The molecule has 0 aliphatic carbocycles. The minimum absolute atomic E-state index is 0.224. The number of likely N-dealkylation sites (N-methyl/N-ethyl adjacent to an activating group) is 1. The number of thioether (sulfide) groups is 1. The SMILES string of the molecule is CN1CCCCC1CN=C1NC(C)(C)CS1. The molecular formula is C12H23N3S. The van der Waals surface area contributed by atoms with Crippen LogP contribution in [0.25, 0.3) is 0 Å². The zero-order chi connectivity index (χ0) is 11.6. The molecule has 92 valence electrons. The average Bonchev–Trinajstić information content (AvgIpc) is 2.57. The summed E-state index contributed by atoms with van der Waals surface area (Å²) in [5.74, 6) is 1.13. The summed E-state index contributed by atoms with van der Waals surface area (Å²) >= 11 is 1.86. The van der Waals surface area contributed by atoms with Crippen LogP contribution in [0.3, 0.4) is 0 Å². The summed E-state index contributed by atoms with van der Waals surface area (Å²) in [6, 6.07) is 0.660. The highest BCUT2D eigenvalue weighted by Gasteiger charge is 2.27. The van der Waals surface area contributed by atoms with Gasteiger partial charge in [-0.3, -0.25) is 4.99 Å². The fraction of sp³-hybridized carbons (Fsp3) is 0.917. The van der Waals surface area contributed by atoms with E-state index in [-0.39, 0.29) is 5.54 Å². The molecule has 2 fully saturated rings. The number of hydrogen-bond acceptors (Lipinski definition) is 3. The van der Waals surface area contributed by atoms with Crippen LogP contribution in [-0.2, 0) is 0 Å². The van der Waals surface area contributed by atoms with E-state index >= 15 is 0 Å². The third-order valence-corrected chi connectivity index (χ3v) is 4.75. The van der Waals surface area contributed by atoms with Crippen molar-refractivity contribution in [3.63, 3.8) is 0 Å². The number of likely N-dealkylation sites (tertiary alicyclic amines) is 1. The highest BCUT2D eigenvalue weighted by Crippen LogP contribution is 2.22. The van der Waals surface area contributed by atoms with Crippen LogP contribution in [0.15, 0.2) is 4.99 Å². The van der Waals surface area contributed by atoms with Gasteiger partial charge >= 0.3 is 0 Å². The Morgan fingerprint density at radius 1 is 1.50 bits per heavy atom. The molecule has 1 N–H and O–H groups in total. The van der Waals surface area contributed by atoms with Gasteiger partial charge in [-0.05, 0) is 40.3 Å². The lowest BCUT2D eigenvalue weighted by Crippen LogP contribution is -2.40. The van der Waals surface area contributed by atoms with Crippen molar-refractivity contribution in [1.82, 2.24) is 10.2 Å². The number of amidine groups is 1. The van der Waals surface area contributed by atoms with E-state index in [1.807, 2.05) is 11.8 Å². The summed E-state index contributed by atoms with van der Waals surface area (Å²) in [5, 5.41) is 4.62. The number of hydrogen-bond donors (Lipinski definition) is 1. The van der Waals surface area contributed by atoms with E-state index in [2.05, 4.69) is 31.1 Å². The van der Waals surface area contributed by atoms with E-state index in [9.17, 15) is 0 Å². The molecule has 0 spiro atoms. The highest BCUT2D eigenvalue weighted by molar-refractivity contribution is 8.14. The molecule has 0 bridgehead atoms. The van der Waals surface area contributed by atoms with Crippen LogP contribution in [0.1, 0.15) is 33.1 Å². The Morgan fingerprint density at radius 3 is 2.94 bits per heavy atom. The fourth-order valence-electron chi connectivity index (χ4n) is 2.26. The van der Waals surface area contributed by atoms with Gasteiger partial charge < -0.3 is 10.2 Å². The second kappa shape index (κ2) is 4.96. The molecule has 4 heteroatoms. The molecule has 2 aliphatic rings. The molecule has 16 heavy (non-hydrogen) atoms. The predicted octanol–water partition coefficient (Wildman–Crippen LogP) is 1.94. The van der Waals surface area contributed by atoms with E-state index < -0.39 is 0 Å². The second-order valence-electron chi connectivity index (χ2n) is 5.57. The number of piperidine rings is 1. The van der Waals surface area contributed by atoms with Gasteiger partial charge in [-0.15, -0.1) is 0 Å². The van der Waals surface area contributed by atoms with Gasteiger partial charge in [0.25, 0.3) is 0 Å². The van der Waals surface area contributed by atoms with E-state index in [1.54, 1.807) is 0 Å². The van der Waals surface area contributed by atoms with Gasteiger partial charge in [0.1, 0.15) is 0 Å². The summed E-state index contributed by atoms with van der Waals surface area (Å²) in [4.78, 5) is 7.18. The average molecular weight is 241 g/mol. The minimum Gasteiger partial charge on any atom is -0.359 e. The number of nitrogens with zero attached hydrogens (tertiary/aromatic N) is 2. The molecular weight excluding hydrogens is 218 g/mol. The highest BCUT2D eigenvalue weighted by atomic mass is 32.2. The first-order chi connectivity index (χ1) is 7.57. The number of rotatable bonds is 2. The van der Waals surface area contributed by atoms with Crippen LogP contribution in [0.5, 0.6) is 0 Å². The largest absolute Gasteiger partial charge is 0.359 e. The van der Waals surface area contributed by atoms with Crippen molar-refractivity contribution in [2.24, 2.45) is 4.99 Å². The molecule has 2 saturated heterocycles. The smallest absolute Gasteiger partial charge is 0.157 e. The molecule has 0 aromatic rings. The lowest BCUT2D eigenvalue weighted by molar-refractivity contribution is 0.191. The van der Waals surface area contributed by atoms with Crippen LogP contribution in [0.4, 0.5) is 0 Å². The van der Waals surface area contributed by atoms with Crippen molar-refractivity contribution >= 4 is 16.9 Å². The van der Waals surface area contributed by atoms with Gasteiger partial charge in [0.2, 0.25) is 0 Å². The minimum atomic E-state index is 0.224. The normalized spacial score (nSPS) is 32.9. The van der Waals surface area contributed by atoms with E-state index in [0.29, 0.717) is 6.04 Å². The van der Waals surface area contributed by atoms with Crippen molar-refractivity contribution in [2.75, 3.05) is 25.9 Å². The van der Waals surface area contributed by atoms with Crippen LogP contribution >= 0.6 is 11.8 Å². The molecule has 0 aromatic heterocycles. The second-order valence-corrected chi connectivity index (χ2v) is 6.54. The maximum Gasteiger partial charge on any atom is 0.157 e. The Labute approximate surface area is 103 Å². The van der Waals surface area contributed by atoms with Gasteiger partial charge in [0, 0.05) is 17.3 Å². The monoisotopic (exact) mass is 241 g/mol. The molecule has 0 aromatic carbocycles. The van der Waals surface area contributed by atoms with Gasteiger partial charge in [-0.25, -0.2) is 0 Å². The Balaban J connectivity index is 1.84. The van der Waals surface area contributed by atoms with Crippen LogP contribution in [-0.4, -0.2) is 47.5 Å². The summed E-state index contributed by atoms with van der Waals surface area (Å²) in [7, 11) is 2.23. The fourth-order valence-corrected chi connectivity index (χ4v) is 3.34. The third-order valence-electron chi connectivity index (χ3n) is 3.38. The first-order valence-corrected chi connectivity index (χ1v) is 7.21. The van der Waals surface area contributed by atoms with Crippen molar-refractivity contribution in [2.45, 2.75) is 44.7 Å². The Morgan fingerprint density at radius 2 is 2.31 bits per heavy atom. The van der Waals surface area contributed by atoms with Gasteiger partial charge in [0.15, 0.2) is 5.17 Å². The predicted molar refractivity (Wildman–Crippen MR) is 72.2 cm³/mol. The molecule has 1 unspecified atom stereocenters. The standard InChI is InChI=1S/C12H23N3S/c1-12(2)9-16-11(14-12)13-8-10-6-4-5-7-15(10)3/h10H,4-9H2,1-3H3,(H,13,14). The van der Waals surface area contributed by atoms with Crippen molar-refractivity contribution in [3.05, 3.63) is 0 Å². The maximum atomic E-state index is 4.72. The number of aliphatic imine (C=N–C) groups is 1. The first kappa shape index (κ1) is 12.2. The van der Waals surface area contributed by atoms with Gasteiger partial charge in [0.05, 0.1) is 6.54 Å². The molecule has 0 radical (unpaired) electrons. The van der Waals surface area contributed by atoms with Crippen LogP contribution in [0, 0.1) is 0 Å². The quantitative estimate of drug-likeness (QED) is 0.801. The lowest BCUT2D eigenvalue weighted by Gasteiger charge is -2.31. The molecule has 0 amide bonds. The summed E-state index contributed by atoms with van der Waals surface area (Å²) < 4.78 is 0. The lowest BCUT2D eigenvalue weighted by atomic mass is 10.0. The summed E-state index contributed by atoms with van der Waals surface area (Å²) in [5.41, 5.74) is 0.224. The van der Waals surface area contributed by atoms with E-state index in [0.717, 1.165) is 17.5 Å². The first-order valence-electron chi connectivity index (χ1n) is 6.22. The van der Waals surface area contributed by atoms with Crippen molar-refractivity contribution in [1.29, 1.82) is 0 Å². The zero-order valence-corrected chi connectivity index (χ0v) is 11.4. The summed E-state index contributed by atoms with van der Waals surface area (Å²) in [6.07, 6.45) is 4.02. The molecule has 2 aliphatic heterocycles. The molecule has 2 rings (SSSR count). The molecule has 3 nitrogen and oxygen atoms in total. The van der Waals surface area contributed by atoms with E-state index in [1.165, 1.54) is 25.8 Å². The van der Waals surface area contributed by atoms with Crippen LogP contribution < -0.4 is 5.32 Å². The van der Waals surface area contributed by atoms with E-state index in [4.69, 9.17) is 4.99 Å². The van der Waals surface area contributed by atoms with Crippen LogP contribution in [0.2, 0.25) is 0 Å². The van der Waals surface area contributed by atoms with Crippen molar-refractivity contribution < 1.29 is 0 Å². The Kier molecular flexibility index (Phi) is 3.80.